The van der Waals surface area contributed by atoms with E-state index in [0.29, 0.717) is 43.5 Å². The van der Waals surface area contributed by atoms with E-state index >= 15 is 0 Å². The minimum Gasteiger partial charge on any atom is -0.493 e. The number of anilines is 1. The van der Waals surface area contributed by atoms with Gasteiger partial charge < -0.3 is 14.6 Å². The zero-order valence-corrected chi connectivity index (χ0v) is 22.2. The van der Waals surface area contributed by atoms with Crippen LogP contribution in [-0.2, 0) is 11.4 Å². The molecule has 1 aliphatic heterocycles. The topological polar surface area (TPSA) is 88.4 Å². The molecule has 7 nitrogen and oxygen atoms in total. The first-order chi connectivity index (χ1) is 17.2. The average Bonchev–Trinajstić information content (AvgIpc) is 3.12. The van der Waals surface area contributed by atoms with E-state index in [9.17, 15) is 14.7 Å². The Morgan fingerprint density at radius 1 is 1.14 bits per heavy atom. The Morgan fingerprint density at radius 3 is 2.58 bits per heavy atom. The number of carboxylic acid groups (broad SMARTS) is 1. The molecule has 184 valence electrons. The lowest BCUT2D eigenvalue weighted by Crippen LogP contribution is -2.21. The molecule has 3 aromatic carbocycles. The molecule has 4 rings (SSSR count). The van der Waals surface area contributed by atoms with Crippen molar-refractivity contribution < 1.29 is 24.2 Å². The van der Waals surface area contributed by atoms with Crippen LogP contribution in [0.5, 0.6) is 11.5 Å². The molecule has 0 spiro atoms. The molecule has 1 N–H and O–H groups in total. The third-order valence-corrected chi connectivity index (χ3v) is 6.67. The van der Waals surface area contributed by atoms with E-state index in [2.05, 4.69) is 21.0 Å². The highest BCUT2D eigenvalue weighted by molar-refractivity contribution is 9.10. The van der Waals surface area contributed by atoms with E-state index in [1.807, 2.05) is 18.2 Å². The summed E-state index contributed by atoms with van der Waals surface area (Å²) in [5, 5.41) is 15.5. The van der Waals surface area contributed by atoms with Crippen LogP contribution in [0.3, 0.4) is 0 Å². The second kappa shape index (κ2) is 10.7. The molecule has 0 atom stereocenters. The molecular weight excluding hydrogens is 571 g/mol. The van der Waals surface area contributed by atoms with Crippen molar-refractivity contribution in [3.8, 4) is 11.5 Å². The van der Waals surface area contributed by atoms with Crippen LogP contribution in [-0.4, -0.2) is 29.8 Å². The standard InChI is InChI=1S/C26H19BrCl2N2O5/c1-14-18(25(32)31(30-14)17-7-8-22(29)19(12-17)26(33)34)9-15-10-20(27)24(23(11-15)35-2)36-13-16-5-3-4-6-21(16)28/h3-12H,13H2,1-2H3,(H,33,34)/b18-9-. The lowest BCUT2D eigenvalue weighted by atomic mass is 10.1. The zero-order chi connectivity index (χ0) is 26.0. The number of hydrogen-bond donors (Lipinski definition) is 1. The summed E-state index contributed by atoms with van der Waals surface area (Å²) >= 11 is 15.7. The predicted molar refractivity (Wildman–Crippen MR) is 143 cm³/mol. The van der Waals surface area contributed by atoms with Gasteiger partial charge in [0, 0.05) is 10.6 Å². The molecule has 10 heteroatoms. The normalized spacial score (nSPS) is 14.2. The third-order valence-electron chi connectivity index (χ3n) is 5.38. The molecule has 3 aromatic rings. The monoisotopic (exact) mass is 588 g/mol. The second-order valence-electron chi connectivity index (χ2n) is 7.74. The number of halogens is 3. The fraction of sp³-hybridized carbons (Fsp3) is 0.115. The van der Waals surface area contributed by atoms with Crippen molar-refractivity contribution in [3.05, 3.63) is 91.4 Å². The van der Waals surface area contributed by atoms with Gasteiger partial charge in [-0.05, 0) is 70.9 Å². The third kappa shape index (κ3) is 5.26. The Hall–Kier alpha value is -3.33. The van der Waals surface area contributed by atoms with Crippen molar-refractivity contribution in [2.45, 2.75) is 13.5 Å². The summed E-state index contributed by atoms with van der Waals surface area (Å²) in [7, 11) is 1.52. The summed E-state index contributed by atoms with van der Waals surface area (Å²) in [4.78, 5) is 24.6. The molecule has 1 amide bonds. The highest BCUT2D eigenvalue weighted by atomic mass is 79.9. The summed E-state index contributed by atoms with van der Waals surface area (Å²) in [5.74, 6) is -0.644. The summed E-state index contributed by atoms with van der Waals surface area (Å²) < 4.78 is 12.1. The lowest BCUT2D eigenvalue weighted by molar-refractivity contribution is -0.114. The molecule has 0 aliphatic carbocycles. The lowest BCUT2D eigenvalue weighted by Gasteiger charge is -2.15. The highest BCUT2D eigenvalue weighted by Gasteiger charge is 2.29. The first-order valence-electron chi connectivity index (χ1n) is 10.6. The molecular formula is C26H19BrCl2N2O5. The van der Waals surface area contributed by atoms with E-state index in [1.165, 1.54) is 25.3 Å². The van der Waals surface area contributed by atoms with Crippen molar-refractivity contribution in [1.82, 2.24) is 0 Å². The van der Waals surface area contributed by atoms with Gasteiger partial charge in [-0.1, -0.05) is 41.4 Å². The number of ether oxygens (including phenoxy) is 2. The minimum atomic E-state index is -1.20. The van der Waals surface area contributed by atoms with Crippen LogP contribution in [0.1, 0.15) is 28.4 Å². The van der Waals surface area contributed by atoms with E-state index < -0.39 is 11.9 Å². The SMILES string of the molecule is COc1cc(/C=C2\C(=O)N(c3ccc(Cl)c(C(=O)O)c3)N=C2C)cc(Br)c1OCc1ccccc1Cl. The maximum Gasteiger partial charge on any atom is 0.337 e. The fourth-order valence-electron chi connectivity index (χ4n) is 3.56. The molecule has 0 fully saturated rings. The maximum atomic E-state index is 13.2. The van der Waals surface area contributed by atoms with Gasteiger partial charge in [0.2, 0.25) is 0 Å². The van der Waals surface area contributed by atoms with E-state index in [4.69, 9.17) is 32.7 Å². The van der Waals surface area contributed by atoms with Crippen LogP contribution in [0.4, 0.5) is 5.69 Å². The van der Waals surface area contributed by atoms with Crippen molar-refractivity contribution in [1.29, 1.82) is 0 Å². The van der Waals surface area contributed by atoms with Crippen molar-refractivity contribution in [3.63, 3.8) is 0 Å². The number of carbonyl (C=O) groups excluding carboxylic acids is 1. The Kier molecular flexibility index (Phi) is 7.68. The molecule has 36 heavy (non-hydrogen) atoms. The van der Waals surface area contributed by atoms with Gasteiger partial charge in [0.1, 0.15) is 6.61 Å². The van der Waals surface area contributed by atoms with Gasteiger partial charge in [-0.3, -0.25) is 4.79 Å². The van der Waals surface area contributed by atoms with Crippen LogP contribution < -0.4 is 14.5 Å². The molecule has 1 aliphatic rings. The van der Waals surface area contributed by atoms with Crippen molar-refractivity contribution in [2.24, 2.45) is 5.10 Å². The van der Waals surface area contributed by atoms with Crippen LogP contribution in [0.2, 0.25) is 10.0 Å². The number of aromatic carboxylic acids is 1. The van der Waals surface area contributed by atoms with Crippen LogP contribution in [0, 0.1) is 0 Å². The first kappa shape index (κ1) is 25.8. The van der Waals surface area contributed by atoms with Crippen LogP contribution in [0.15, 0.2) is 69.7 Å². The fourth-order valence-corrected chi connectivity index (χ4v) is 4.53. The maximum absolute atomic E-state index is 13.2. The number of methoxy groups -OCH3 is 1. The largest absolute Gasteiger partial charge is 0.493 e. The van der Waals surface area contributed by atoms with Gasteiger partial charge >= 0.3 is 5.97 Å². The van der Waals surface area contributed by atoms with Crippen LogP contribution in [0.25, 0.3) is 6.08 Å². The number of nitrogens with zero attached hydrogens (tertiary/aromatic N) is 2. The molecule has 0 saturated carbocycles. The summed E-state index contributed by atoms with van der Waals surface area (Å²) in [6.07, 6.45) is 1.68. The summed E-state index contributed by atoms with van der Waals surface area (Å²) in [5.41, 5.74) is 2.50. The average molecular weight is 590 g/mol. The summed E-state index contributed by atoms with van der Waals surface area (Å²) in [6, 6.07) is 15.2. The molecule has 0 radical (unpaired) electrons. The van der Waals surface area contributed by atoms with Gasteiger partial charge in [-0.25, -0.2) is 4.79 Å². The minimum absolute atomic E-state index is 0.0724. The number of rotatable bonds is 7. The van der Waals surface area contributed by atoms with Gasteiger partial charge in [0.05, 0.1) is 39.1 Å². The van der Waals surface area contributed by atoms with E-state index in [1.54, 1.807) is 31.2 Å². The highest BCUT2D eigenvalue weighted by Crippen LogP contribution is 2.38. The second-order valence-corrected chi connectivity index (χ2v) is 9.41. The Bertz CT molecular complexity index is 1440. The predicted octanol–water partition coefficient (Wildman–Crippen LogP) is 6.85. The van der Waals surface area contributed by atoms with Gasteiger partial charge in [0.15, 0.2) is 11.5 Å². The number of benzene rings is 3. The molecule has 0 saturated heterocycles. The number of carboxylic acids is 1. The number of carbonyl (C=O) groups is 2. The number of hydrazone groups is 1. The van der Waals surface area contributed by atoms with E-state index in [-0.39, 0.29) is 17.2 Å². The molecule has 0 bridgehead atoms. The number of hydrogen-bond acceptors (Lipinski definition) is 5. The zero-order valence-electron chi connectivity index (χ0n) is 19.1. The van der Waals surface area contributed by atoms with Crippen LogP contribution >= 0.6 is 39.1 Å². The Labute approximate surface area is 225 Å². The van der Waals surface area contributed by atoms with Crippen molar-refractivity contribution in [2.75, 3.05) is 12.1 Å². The van der Waals surface area contributed by atoms with Gasteiger partial charge in [-0.2, -0.15) is 10.1 Å². The molecule has 1 heterocycles. The first-order valence-corrected chi connectivity index (χ1v) is 12.1. The molecule has 0 unspecified atom stereocenters. The van der Waals surface area contributed by atoms with E-state index in [0.717, 1.165) is 10.6 Å². The Balaban J connectivity index is 1.61. The van der Waals surface area contributed by atoms with Crippen molar-refractivity contribution >= 4 is 68.5 Å². The smallest absolute Gasteiger partial charge is 0.337 e. The number of amides is 1. The molecule has 0 aromatic heterocycles. The quantitative estimate of drug-likeness (QED) is 0.305. The summed E-state index contributed by atoms with van der Waals surface area (Å²) in [6.45, 7) is 1.94. The van der Waals surface area contributed by atoms with Gasteiger partial charge in [0.25, 0.3) is 5.91 Å². The Morgan fingerprint density at radius 2 is 1.89 bits per heavy atom. The van der Waals surface area contributed by atoms with Gasteiger partial charge in [-0.15, -0.1) is 0 Å².